The predicted molar refractivity (Wildman–Crippen MR) is 81.9 cm³/mol. The Kier molecular flexibility index (Phi) is 6.23. The van der Waals surface area contributed by atoms with Crippen LogP contribution in [0.15, 0.2) is 6.07 Å². The van der Waals surface area contributed by atoms with Crippen molar-refractivity contribution in [2.75, 3.05) is 39.0 Å². The number of nitrogens with zero attached hydrogens (tertiary/aromatic N) is 2. The Balaban J connectivity index is 2.67. The molecule has 0 saturated heterocycles. The molecular formula is C14H24N4O3. The highest BCUT2D eigenvalue weighted by atomic mass is 16.4. The van der Waals surface area contributed by atoms with Crippen molar-refractivity contribution < 1.29 is 14.7 Å². The minimum absolute atomic E-state index is 0.00481. The van der Waals surface area contributed by atoms with Crippen LogP contribution in [-0.2, 0) is 0 Å². The summed E-state index contributed by atoms with van der Waals surface area (Å²) in [5, 5.41) is 11.8. The number of rotatable bonds is 7. The predicted octanol–water partition coefficient (Wildman–Crippen LogP) is 1.83. The number of hydrogen-bond donors (Lipinski definition) is 3. The van der Waals surface area contributed by atoms with Crippen LogP contribution in [0.3, 0.4) is 0 Å². The van der Waals surface area contributed by atoms with E-state index in [0.717, 1.165) is 13.0 Å². The second-order valence-corrected chi connectivity index (χ2v) is 5.21. The SMILES string of the molecule is CCN(CCCN(C)C)C(=O)Nc1cc(C)[nH]c1C(=O)O. The van der Waals surface area contributed by atoms with Crippen molar-refractivity contribution in [3.05, 3.63) is 17.5 Å². The summed E-state index contributed by atoms with van der Waals surface area (Å²) in [5.74, 6) is -1.09. The van der Waals surface area contributed by atoms with E-state index in [2.05, 4.69) is 15.2 Å². The van der Waals surface area contributed by atoms with Crippen LogP contribution in [0.4, 0.5) is 10.5 Å². The summed E-state index contributed by atoms with van der Waals surface area (Å²) in [4.78, 5) is 29.7. The van der Waals surface area contributed by atoms with Crippen LogP contribution in [0.25, 0.3) is 0 Å². The van der Waals surface area contributed by atoms with Gasteiger partial charge in [-0.25, -0.2) is 9.59 Å². The summed E-state index contributed by atoms with van der Waals surface area (Å²) in [6, 6.07) is 1.34. The Morgan fingerprint density at radius 1 is 1.33 bits per heavy atom. The number of carboxylic acid groups (broad SMARTS) is 1. The minimum atomic E-state index is -1.09. The number of hydrogen-bond acceptors (Lipinski definition) is 3. The standard InChI is InChI=1S/C14H24N4O3/c1-5-18(8-6-7-17(3)4)14(21)16-11-9-10(2)15-12(11)13(19)20/h9,15H,5-8H2,1-4H3,(H,16,21)(H,19,20). The van der Waals surface area contributed by atoms with Gasteiger partial charge in [0.15, 0.2) is 0 Å². The number of amides is 2. The van der Waals surface area contributed by atoms with Gasteiger partial charge in [-0.15, -0.1) is 0 Å². The lowest BCUT2D eigenvalue weighted by Crippen LogP contribution is -2.36. The van der Waals surface area contributed by atoms with Gasteiger partial charge in [0, 0.05) is 18.8 Å². The molecule has 0 atom stereocenters. The molecule has 3 N–H and O–H groups in total. The van der Waals surface area contributed by atoms with Crippen molar-refractivity contribution in [3.8, 4) is 0 Å². The van der Waals surface area contributed by atoms with Crippen LogP contribution in [0.2, 0.25) is 0 Å². The van der Waals surface area contributed by atoms with Crippen LogP contribution >= 0.6 is 0 Å². The van der Waals surface area contributed by atoms with Crippen molar-refractivity contribution in [3.63, 3.8) is 0 Å². The number of nitrogens with one attached hydrogen (secondary N) is 2. The summed E-state index contributed by atoms with van der Waals surface area (Å²) in [6.07, 6.45) is 0.867. The molecule has 118 valence electrons. The van der Waals surface area contributed by atoms with Gasteiger partial charge in [0.1, 0.15) is 5.69 Å². The summed E-state index contributed by atoms with van der Waals surface area (Å²) in [5.41, 5.74) is 1.000. The van der Waals surface area contributed by atoms with E-state index >= 15 is 0 Å². The largest absolute Gasteiger partial charge is 0.477 e. The average Bonchev–Trinajstić information content (AvgIpc) is 2.75. The Labute approximate surface area is 124 Å². The van der Waals surface area contributed by atoms with E-state index in [1.807, 2.05) is 21.0 Å². The van der Waals surface area contributed by atoms with Gasteiger partial charge >= 0.3 is 12.0 Å². The molecule has 1 rings (SSSR count). The molecule has 0 aliphatic heterocycles. The molecule has 1 aromatic rings. The number of carbonyl (C=O) groups is 2. The van der Waals surface area contributed by atoms with Gasteiger partial charge in [-0.1, -0.05) is 0 Å². The third-order valence-electron chi connectivity index (χ3n) is 3.11. The quantitative estimate of drug-likeness (QED) is 0.716. The minimum Gasteiger partial charge on any atom is -0.477 e. The number of carboxylic acids is 1. The summed E-state index contributed by atoms with van der Waals surface area (Å²) < 4.78 is 0. The average molecular weight is 296 g/mol. The molecule has 0 radical (unpaired) electrons. The maximum Gasteiger partial charge on any atom is 0.354 e. The Hall–Kier alpha value is -2.02. The fourth-order valence-corrected chi connectivity index (χ4v) is 2.03. The molecule has 0 aliphatic rings. The van der Waals surface area contributed by atoms with Crippen LogP contribution in [0, 0.1) is 6.92 Å². The number of urea groups is 1. The van der Waals surface area contributed by atoms with Gasteiger partial charge in [-0.05, 0) is 47.0 Å². The first kappa shape index (κ1) is 17.0. The van der Waals surface area contributed by atoms with Crippen LogP contribution < -0.4 is 5.32 Å². The van der Waals surface area contributed by atoms with Gasteiger partial charge in [0.25, 0.3) is 0 Å². The molecule has 2 amide bonds. The number of H-pyrrole nitrogens is 1. The number of aryl methyl sites for hydroxylation is 1. The third kappa shape index (κ3) is 5.11. The van der Waals surface area contributed by atoms with E-state index < -0.39 is 5.97 Å². The smallest absolute Gasteiger partial charge is 0.354 e. The molecule has 1 aromatic heterocycles. The van der Waals surface area contributed by atoms with Crippen LogP contribution in [-0.4, -0.2) is 65.6 Å². The maximum absolute atomic E-state index is 12.2. The van der Waals surface area contributed by atoms with Crippen molar-refractivity contribution in [2.24, 2.45) is 0 Å². The number of aromatic amines is 1. The van der Waals surface area contributed by atoms with E-state index in [1.54, 1.807) is 17.9 Å². The van der Waals surface area contributed by atoms with Crippen LogP contribution in [0.1, 0.15) is 29.5 Å². The molecule has 1 heterocycles. The molecule has 7 heteroatoms. The lowest BCUT2D eigenvalue weighted by molar-refractivity contribution is 0.0692. The molecule has 0 bridgehead atoms. The first-order chi connectivity index (χ1) is 9.85. The lowest BCUT2D eigenvalue weighted by atomic mass is 10.3. The Bertz CT molecular complexity index is 496. The molecule has 0 aromatic carbocycles. The fraction of sp³-hybridized carbons (Fsp3) is 0.571. The highest BCUT2D eigenvalue weighted by molar-refractivity contribution is 5.99. The van der Waals surface area contributed by atoms with E-state index in [0.29, 0.717) is 24.5 Å². The van der Waals surface area contributed by atoms with Crippen molar-refractivity contribution in [1.82, 2.24) is 14.8 Å². The maximum atomic E-state index is 12.2. The van der Waals surface area contributed by atoms with Gasteiger partial charge in [0.2, 0.25) is 0 Å². The first-order valence-electron chi connectivity index (χ1n) is 6.98. The number of aromatic nitrogens is 1. The molecule has 7 nitrogen and oxygen atoms in total. The lowest BCUT2D eigenvalue weighted by Gasteiger charge is -2.22. The van der Waals surface area contributed by atoms with Gasteiger partial charge < -0.3 is 25.2 Å². The van der Waals surface area contributed by atoms with Crippen molar-refractivity contribution in [1.29, 1.82) is 0 Å². The highest BCUT2D eigenvalue weighted by Gasteiger charge is 2.18. The zero-order valence-electron chi connectivity index (χ0n) is 13.1. The second-order valence-electron chi connectivity index (χ2n) is 5.21. The summed E-state index contributed by atoms with van der Waals surface area (Å²) in [7, 11) is 3.97. The van der Waals surface area contributed by atoms with Crippen LogP contribution in [0.5, 0.6) is 0 Å². The molecule has 0 spiro atoms. The van der Waals surface area contributed by atoms with Gasteiger partial charge in [0.05, 0.1) is 5.69 Å². The highest BCUT2D eigenvalue weighted by Crippen LogP contribution is 2.17. The monoisotopic (exact) mass is 296 g/mol. The van der Waals surface area contributed by atoms with E-state index in [1.165, 1.54) is 0 Å². The first-order valence-corrected chi connectivity index (χ1v) is 6.98. The number of aromatic carboxylic acids is 1. The normalized spacial score (nSPS) is 10.7. The molecule has 0 saturated carbocycles. The summed E-state index contributed by atoms with van der Waals surface area (Å²) in [6.45, 7) is 5.75. The van der Waals surface area contributed by atoms with Gasteiger partial charge in [-0.2, -0.15) is 0 Å². The molecule has 0 fully saturated rings. The van der Waals surface area contributed by atoms with E-state index in [9.17, 15) is 9.59 Å². The molecular weight excluding hydrogens is 272 g/mol. The second kappa shape index (κ2) is 7.68. The zero-order valence-corrected chi connectivity index (χ0v) is 13.1. The fourth-order valence-electron chi connectivity index (χ4n) is 2.03. The van der Waals surface area contributed by atoms with E-state index in [-0.39, 0.29) is 11.7 Å². The Morgan fingerprint density at radius 2 is 2.00 bits per heavy atom. The Morgan fingerprint density at radius 3 is 2.52 bits per heavy atom. The number of anilines is 1. The molecule has 21 heavy (non-hydrogen) atoms. The third-order valence-corrected chi connectivity index (χ3v) is 3.11. The molecule has 0 aliphatic carbocycles. The van der Waals surface area contributed by atoms with Crippen molar-refractivity contribution in [2.45, 2.75) is 20.3 Å². The van der Waals surface area contributed by atoms with Crippen molar-refractivity contribution >= 4 is 17.7 Å². The zero-order chi connectivity index (χ0) is 16.0. The topological polar surface area (TPSA) is 88.7 Å². The molecule has 0 unspecified atom stereocenters. The van der Waals surface area contributed by atoms with Gasteiger partial charge in [-0.3, -0.25) is 0 Å². The van der Waals surface area contributed by atoms with E-state index in [4.69, 9.17) is 5.11 Å². The summed E-state index contributed by atoms with van der Waals surface area (Å²) >= 11 is 0. The number of carbonyl (C=O) groups excluding carboxylic acids is 1.